The van der Waals surface area contributed by atoms with Crippen molar-refractivity contribution in [3.8, 4) is 0 Å². The molecular formula is C10H24N2O2S. The zero-order valence-electron chi connectivity index (χ0n) is 10.3. The third-order valence-corrected chi connectivity index (χ3v) is 4.45. The summed E-state index contributed by atoms with van der Waals surface area (Å²) in [6.45, 7) is 7.59. The molecule has 0 aromatic carbocycles. The summed E-state index contributed by atoms with van der Waals surface area (Å²) in [7, 11) is -1.42. The summed E-state index contributed by atoms with van der Waals surface area (Å²) < 4.78 is 24.8. The van der Waals surface area contributed by atoms with Gasteiger partial charge < -0.3 is 5.32 Å². The third-order valence-electron chi connectivity index (χ3n) is 2.35. The second kappa shape index (κ2) is 7.19. The topological polar surface area (TPSA) is 49.4 Å². The Morgan fingerprint density at radius 2 is 1.87 bits per heavy atom. The molecule has 4 nitrogen and oxygen atoms in total. The van der Waals surface area contributed by atoms with Crippen LogP contribution in [0.25, 0.3) is 0 Å². The van der Waals surface area contributed by atoms with Crippen LogP contribution in [0.2, 0.25) is 0 Å². The van der Waals surface area contributed by atoms with Gasteiger partial charge in [-0.25, -0.2) is 12.7 Å². The largest absolute Gasteiger partial charge is 0.317 e. The van der Waals surface area contributed by atoms with Gasteiger partial charge in [-0.1, -0.05) is 6.92 Å². The molecule has 0 aromatic heterocycles. The maximum Gasteiger partial charge on any atom is 0.214 e. The molecule has 0 spiro atoms. The average Bonchev–Trinajstić information content (AvgIpc) is 2.16. The lowest BCUT2D eigenvalue weighted by molar-refractivity contribution is 0.409. The van der Waals surface area contributed by atoms with E-state index in [1.165, 1.54) is 4.31 Å². The van der Waals surface area contributed by atoms with Gasteiger partial charge in [0.05, 0.1) is 5.75 Å². The molecule has 0 aromatic rings. The fourth-order valence-corrected chi connectivity index (χ4v) is 2.59. The van der Waals surface area contributed by atoms with Crippen LogP contribution in [0.4, 0.5) is 0 Å². The first kappa shape index (κ1) is 14.9. The highest BCUT2D eigenvalue weighted by molar-refractivity contribution is 7.89. The summed E-state index contributed by atoms with van der Waals surface area (Å²) in [5.41, 5.74) is 0. The lowest BCUT2D eigenvalue weighted by Crippen LogP contribution is -2.35. The molecule has 0 fully saturated rings. The van der Waals surface area contributed by atoms with Crippen molar-refractivity contribution < 1.29 is 8.42 Å². The fraction of sp³-hybridized carbons (Fsp3) is 1.00. The second-order valence-electron chi connectivity index (χ2n) is 4.03. The SMILES string of the molecule is CCCNCCCS(=O)(=O)N(C)C(C)C. The van der Waals surface area contributed by atoms with Crippen molar-refractivity contribution in [2.45, 2.75) is 39.7 Å². The molecule has 0 bridgehead atoms. The number of nitrogens with one attached hydrogen (secondary N) is 1. The van der Waals surface area contributed by atoms with Crippen molar-refractivity contribution in [1.82, 2.24) is 9.62 Å². The molecule has 0 aliphatic rings. The number of hydrogen-bond acceptors (Lipinski definition) is 3. The van der Waals surface area contributed by atoms with Crippen molar-refractivity contribution in [3.05, 3.63) is 0 Å². The maximum absolute atomic E-state index is 11.7. The Morgan fingerprint density at radius 1 is 1.27 bits per heavy atom. The monoisotopic (exact) mass is 236 g/mol. The maximum atomic E-state index is 11.7. The molecule has 0 saturated heterocycles. The van der Waals surface area contributed by atoms with Gasteiger partial charge in [-0.2, -0.15) is 0 Å². The van der Waals surface area contributed by atoms with E-state index in [2.05, 4.69) is 12.2 Å². The van der Waals surface area contributed by atoms with E-state index < -0.39 is 10.0 Å². The van der Waals surface area contributed by atoms with Crippen molar-refractivity contribution in [3.63, 3.8) is 0 Å². The minimum Gasteiger partial charge on any atom is -0.317 e. The van der Waals surface area contributed by atoms with E-state index in [0.717, 1.165) is 19.5 Å². The number of hydrogen-bond donors (Lipinski definition) is 1. The van der Waals surface area contributed by atoms with Crippen LogP contribution in [0.3, 0.4) is 0 Å². The molecule has 0 amide bonds. The molecule has 0 atom stereocenters. The molecule has 0 radical (unpaired) electrons. The van der Waals surface area contributed by atoms with Gasteiger partial charge in [0.15, 0.2) is 0 Å². The number of sulfonamides is 1. The molecule has 5 heteroatoms. The van der Waals surface area contributed by atoms with Crippen LogP contribution in [0, 0.1) is 0 Å². The van der Waals surface area contributed by atoms with Crippen LogP contribution >= 0.6 is 0 Å². The van der Waals surface area contributed by atoms with Gasteiger partial charge in [0.25, 0.3) is 0 Å². The van der Waals surface area contributed by atoms with Gasteiger partial charge in [-0.3, -0.25) is 0 Å². The number of rotatable bonds is 8. The predicted molar refractivity (Wildman–Crippen MR) is 64.5 cm³/mol. The van der Waals surface area contributed by atoms with Crippen LogP contribution < -0.4 is 5.32 Å². The van der Waals surface area contributed by atoms with Gasteiger partial charge in [-0.15, -0.1) is 0 Å². The fourth-order valence-electron chi connectivity index (χ4n) is 1.15. The molecule has 0 heterocycles. The summed E-state index contributed by atoms with van der Waals surface area (Å²) >= 11 is 0. The first-order valence-electron chi connectivity index (χ1n) is 5.58. The zero-order chi connectivity index (χ0) is 11.9. The van der Waals surface area contributed by atoms with E-state index in [4.69, 9.17) is 0 Å². The summed E-state index contributed by atoms with van der Waals surface area (Å²) in [6.07, 6.45) is 1.76. The van der Waals surface area contributed by atoms with E-state index in [0.29, 0.717) is 6.42 Å². The summed E-state index contributed by atoms with van der Waals surface area (Å²) in [6, 6.07) is 0.0404. The summed E-state index contributed by atoms with van der Waals surface area (Å²) in [4.78, 5) is 0. The standard InChI is InChI=1S/C10H24N2O2S/c1-5-7-11-8-6-9-15(13,14)12(4)10(2)3/h10-11H,5-9H2,1-4H3. The Bertz CT molecular complexity index is 250. The predicted octanol–water partition coefficient (Wildman–Crippen LogP) is 1.05. The molecular weight excluding hydrogens is 212 g/mol. The summed E-state index contributed by atoms with van der Waals surface area (Å²) in [5.74, 6) is 0.235. The Morgan fingerprint density at radius 3 is 2.33 bits per heavy atom. The van der Waals surface area contributed by atoms with Gasteiger partial charge in [0.1, 0.15) is 0 Å². The van der Waals surface area contributed by atoms with E-state index in [-0.39, 0.29) is 11.8 Å². The first-order valence-corrected chi connectivity index (χ1v) is 7.19. The molecule has 0 unspecified atom stereocenters. The smallest absolute Gasteiger partial charge is 0.214 e. The Hall–Kier alpha value is -0.130. The average molecular weight is 236 g/mol. The molecule has 0 aliphatic heterocycles. The van der Waals surface area contributed by atoms with Gasteiger partial charge in [0, 0.05) is 13.1 Å². The van der Waals surface area contributed by atoms with E-state index in [1.54, 1.807) is 7.05 Å². The minimum atomic E-state index is -3.05. The van der Waals surface area contributed by atoms with Crippen LogP contribution in [-0.4, -0.2) is 44.7 Å². The van der Waals surface area contributed by atoms with Crippen molar-refractivity contribution in [2.24, 2.45) is 0 Å². The summed E-state index contributed by atoms with van der Waals surface area (Å²) in [5, 5.41) is 3.19. The quantitative estimate of drug-likeness (QED) is 0.641. The Labute approximate surface area is 94.1 Å². The van der Waals surface area contributed by atoms with Gasteiger partial charge in [0.2, 0.25) is 10.0 Å². The molecule has 15 heavy (non-hydrogen) atoms. The zero-order valence-corrected chi connectivity index (χ0v) is 11.1. The minimum absolute atomic E-state index is 0.0404. The van der Waals surface area contributed by atoms with Crippen LogP contribution in [0.1, 0.15) is 33.6 Å². The lowest BCUT2D eigenvalue weighted by Gasteiger charge is -2.20. The highest BCUT2D eigenvalue weighted by Gasteiger charge is 2.19. The van der Waals surface area contributed by atoms with E-state index >= 15 is 0 Å². The third kappa shape index (κ3) is 6.12. The molecule has 0 saturated carbocycles. The Balaban J connectivity index is 3.85. The molecule has 92 valence electrons. The van der Waals surface area contributed by atoms with E-state index in [1.807, 2.05) is 13.8 Å². The van der Waals surface area contributed by atoms with Gasteiger partial charge >= 0.3 is 0 Å². The van der Waals surface area contributed by atoms with Crippen molar-refractivity contribution >= 4 is 10.0 Å². The van der Waals surface area contributed by atoms with Gasteiger partial charge in [-0.05, 0) is 39.8 Å². The second-order valence-corrected chi connectivity index (χ2v) is 6.18. The number of nitrogens with zero attached hydrogens (tertiary/aromatic N) is 1. The molecule has 0 rings (SSSR count). The molecule has 1 N–H and O–H groups in total. The highest BCUT2D eigenvalue weighted by Crippen LogP contribution is 2.04. The highest BCUT2D eigenvalue weighted by atomic mass is 32.2. The van der Waals surface area contributed by atoms with E-state index in [9.17, 15) is 8.42 Å². The van der Waals surface area contributed by atoms with Crippen LogP contribution in [-0.2, 0) is 10.0 Å². The normalized spacial score (nSPS) is 12.7. The molecule has 0 aliphatic carbocycles. The van der Waals surface area contributed by atoms with Crippen molar-refractivity contribution in [2.75, 3.05) is 25.9 Å². The van der Waals surface area contributed by atoms with Crippen LogP contribution in [0.15, 0.2) is 0 Å². The lowest BCUT2D eigenvalue weighted by atomic mass is 10.4. The van der Waals surface area contributed by atoms with Crippen LogP contribution in [0.5, 0.6) is 0 Å². The Kier molecular flexibility index (Phi) is 7.13. The first-order chi connectivity index (χ1) is 6.91. The van der Waals surface area contributed by atoms with Crippen molar-refractivity contribution in [1.29, 1.82) is 0 Å².